The van der Waals surface area contributed by atoms with Gasteiger partial charge in [-0.3, -0.25) is 0 Å². The van der Waals surface area contributed by atoms with E-state index in [-0.39, 0.29) is 0 Å². The van der Waals surface area contributed by atoms with Crippen molar-refractivity contribution in [1.29, 1.82) is 0 Å². The zero-order chi connectivity index (χ0) is 13.9. The molecule has 110 valence electrons. The molecule has 0 amide bonds. The summed E-state index contributed by atoms with van der Waals surface area (Å²) in [6.45, 7) is 3.36. The highest BCUT2D eigenvalue weighted by Crippen LogP contribution is 2.37. The molecular weight excluding hydrogens is 246 g/mol. The molecule has 3 atom stereocenters. The van der Waals surface area contributed by atoms with E-state index in [0.717, 1.165) is 12.0 Å². The van der Waals surface area contributed by atoms with Gasteiger partial charge in [0.05, 0.1) is 0 Å². The number of nitrogens with zero attached hydrogens (tertiary/aromatic N) is 2. The van der Waals surface area contributed by atoms with Gasteiger partial charge < -0.3 is 10.2 Å². The molecule has 3 rings (SSSR count). The second-order valence-electron chi connectivity index (χ2n) is 6.41. The van der Waals surface area contributed by atoms with Crippen molar-refractivity contribution in [2.24, 2.45) is 5.92 Å². The van der Waals surface area contributed by atoms with E-state index in [1.807, 2.05) is 13.2 Å². The van der Waals surface area contributed by atoms with Crippen LogP contribution in [0.2, 0.25) is 0 Å². The fourth-order valence-electron chi connectivity index (χ4n) is 3.90. The predicted octanol–water partition coefficient (Wildman–Crippen LogP) is 3.52. The van der Waals surface area contributed by atoms with E-state index in [9.17, 15) is 0 Å². The van der Waals surface area contributed by atoms with Crippen LogP contribution in [0, 0.1) is 5.92 Å². The van der Waals surface area contributed by atoms with Crippen molar-refractivity contribution in [3.05, 3.63) is 23.9 Å². The summed E-state index contributed by atoms with van der Waals surface area (Å²) >= 11 is 0. The van der Waals surface area contributed by atoms with E-state index in [0.29, 0.717) is 6.04 Å². The topological polar surface area (TPSA) is 28.2 Å². The van der Waals surface area contributed by atoms with E-state index in [4.69, 9.17) is 4.98 Å². The Hall–Kier alpha value is -1.09. The van der Waals surface area contributed by atoms with Crippen LogP contribution in [0.25, 0.3) is 0 Å². The molecule has 1 aliphatic heterocycles. The third kappa shape index (κ3) is 2.69. The number of piperidine rings is 1. The van der Waals surface area contributed by atoms with Crippen molar-refractivity contribution in [3.8, 4) is 0 Å². The zero-order valence-corrected chi connectivity index (χ0v) is 12.8. The molecule has 1 N–H and O–H groups in total. The van der Waals surface area contributed by atoms with E-state index >= 15 is 0 Å². The van der Waals surface area contributed by atoms with Gasteiger partial charge in [0, 0.05) is 24.8 Å². The SMILES string of the molecule is CNC(C)c1ccc(N2CCC[C@H]3CCCC[C@H]32)nc1. The van der Waals surface area contributed by atoms with Gasteiger partial charge >= 0.3 is 0 Å². The van der Waals surface area contributed by atoms with Crippen LogP contribution in [-0.4, -0.2) is 24.6 Å². The molecule has 1 saturated carbocycles. The van der Waals surface area contributed by atoms with Gasteiger partial charge in [0.25, 0.3) is 0 Å². The van der Waals surface area contributed by atoms with Gasteiger partial charge in [-0.2, -0.15) is 0 Å². The largest absolute Gasteiger partial charge is 0.353 e. The zero-order valence-electron chi connectivity index (χ0n) is 12.8. The average Bonchev–Trinajstić information content (AvgIpc) is 2.54. The Kier molecular flexibility index (Phi) is 4.25. The van der Waals surface area contributed by atoms with Crippen molar-refractivity contribution in [2.45, 2.75) is 57.5 Å². The van der Waals surface area contributed by atoms with Crippen LogP contribution in [0.4, 0.5) is 5.82 Å². The first-order valence-electron chi connectivity index (χ1n) is 8.19. The lowest BCUT2D eigenvalue weighted by atomic mass is 9.78. The summed E-state index contributed by atoms with van der Waals surface area (Å²) in [5, 5.41) is 3.27. The van der Waals surface area contributed by atoms with Crippen molar-refractivity contribution in [3.63, 3.8) is 0 Å². The van der Waals surface area contributed by atoms with Crippen LogP contribution in [0.15, 0.2) is 18.3 Å². The minimum Gasteiger partial charge on any atom is -0.353 e. The first kappa shape index (κ1) is 13.9. The number of hydrogen-bond donors (Lipinski definition) is 1. The number of hydrogen-bond acceptors (Lipinski definition) is 3. The lowest BCUT2D eigenvalue weighted by Crippen LogP contribution is -2.47. The number of aromatic nitrogens is 1. The van der Waals surface area contributed by atoms with Crippen LogP contribution >= 0.6 is 0 Å². The van der Waals surface area contributed by atoms with Crippen LogP contribution in [-0.2, 0) is 0 Å². The standard InChI is InChI=1S/C17H27N3/c1-13(18-2)15-9-10-17(19-12-15)20-11-5-7-14-6-3-4-8-16(14)20/h9-10,12-14,16,18H,3-8,11H2,1-2H3/t13?,14-,16-/m1/s1. The maximum Gasteiger partial charge on any atom is 0.128 e. The van der Waals surface area contributed by atoms with Gasteiger partial charge in [0.15, 0.2) is 0 Å². The van der Waals surface area contributed by atoms with Crippen molar-refractivity contribution < 1.29 is 0 Å². The highest BCUT2D eigenvalue weighted by molar-refractivity contribution is 5.42. The molecule has 3 heteroatoms. The quantitative estimate of drug-likeness (QED) is 0.913. The van der Waals surface area contributed by atoms with Gasteiger partial charge in [-0.1, -0.05) is 18.9 Å². The number of anilines is 1. The molecule has 2 fully saturated rings. The second-order valence-corrected chi connectivity index (χ2v) is 6.41. The average molecular weight is 273 g/mol. The predicted molar refractivity (Wildman–Crippen MR) is 84.0 cm³/mol. The number of nitrogens with one attached hydrogen (secondary N) is 1. The molecule has 2 heterocycles. The Morgan fingerprint density at radius 3 is 2.75 bits per heavy atom. The van der Waals surface area contributed by atoms with Gasteiger partial charge in [-0.05, 0) is 57.2 Å². The molecule has 1 aromatic heterocycles. The third-order valence-corrected chi connectivity index (χ3v) is 5.24. The van der Waals surface area contributed by atoms with Gasteiger partial charge in [-0.15, -0.1) is 0 Å². The fraction of sp³-hybridized carbons (Fsp3) is 0.706. The summed E-state index contributed by atoms with van der Waals surface area (Å²) in [5.74, 6) is 2.10. The molecule has 0 aromatic carbocycles. The summed E-state index contributed by atoms with van der Waals surface area (Å²) in [6.07, 6.45) is 10.4. The van der Waals surface area contributed by atoms with Gasteiger partial charge in [0.2, 0.25) is 0 Å². The Balaban J connectivity index is 1.77. The van der Waals surface area contributed by atoms with Gasteiger partial charge in [-0.25, -0.2) is 4.98 Å². The monoisotopic (exact) mass is 273 g/mol. The number of fused-ring (bicyclic) bond motifs is 1. The van der Waals surface area contributed by atoms with Crippen LogP contribution in [0.1, 0.15) is 57.1 Å². The molecule has 3 nitrogen and oxygen atoms in total. The summed E-state index contributed by atoms with van der Waals surface area (Å²) in [6, 6.07) is 5.58. The minimum atomic E-state index is 0.375. The maximum absolute atomic E-state index is 4.75. The van der Waals surface area contributed by atoms with Gasteiger partial charge in [0.1, 0.15) is 5.82 Å². The Morgan fingerprint density at radius 1 is 1.20 bits per heavy atom. The minimum absolute atomic E-state index is 0.375. The Bertz CT molecular complexity index is 426. The molecule has 2 aliphatic rings. The van der Waals surface area contributed by atoms with Crippen molar-refractivity contribution in [1.82, 2.24) is 10.3 Å². The Morgan fingerprint density at radius 2 is 2.00 bits per heavy atom. The summed E-state index contributed by atoms with van der Waals surface area (Å²) in [5.41, 5.74) is 1.27. The summed E-state index contributed by atoms with van der Waals surface area (Å²) in [4.78, 5) is 7.33. The van der Waals surface area contributed by atoms with Crippen molar-refractivity contribution >= 4 is 5.82 Å². The lowest BCUT2D eigenvalue weighted by Gasteiger charge is -2.44. The second kappa shape index (κ2) is 6.13. The fourth-order valence-corrected chi connectivity index (χ4v) is 3.90. The number of rotatable bonds is 3. The maximum atomic E-state index is 4.75. The molecule has 0 spiro atoms. The highest BCUT2D eigenvalue weighted by Gasteiger charge is 2.33. The molecule has 1 aromatic rings. The number of pyridine rings is 1. The molecule has 1 aliphatic carbocycles. The molecule has 1 unspecified atom stereocenters. The molecule has 0 bridgehead atoms. The first-order chi connectivity index (χ1) is 9.79. The molecular formula is C17H27N3. The third-order valence-electron chi connectivity index (χ3n) is 5.24. The normalized spacial score (nSPS) is 28.0. The van der Waals surface area contributed by atoms with Crippen LogP contribution < -0.4 is 10.2 Å². The highest BCUT2D eigenvalue weighted by atomic mass is 15.2. The molecule has 1 saturated heterocycles. The summed E-state index contributed by atoms with van der Waals surface area (Å²) in [7, 11) is 2.00. The first-order valence-corrected chi connectivity index (χ1v) is 8.19. The van der Waals surface area contributed by atoms with Crippen LogP contribution in [0.3, 0.4) is 0 Å². The summed E-state index contributed by atoms with van der Waals surface area (Å²) < 4.78 is 0. The van der Waals surface area contributed by atoms with Crippen LogP contribution in [0.5, 0.6) is 0 Å². The molecule has 20 heavy (non-hydrogen) atoms. The smallest absolute Gasteiger partial charge is 0.128 e. The molecule has 0 radical (unpaired) electrons. The van der Waals surface area contributed by atoms with E-state index in [2.05, 4.69) is 29.3 Å². The van der Waals surface area contributed by atoms with E-state index in [1.165, 1.54) is 56.5 Å². The Labute approximate surface area is 122 Å². The van der Waals surface area contributed by atoms with E-state index in [1.54, 1.807) is 0 Å². The lowest BCUT2D eigenvalue weighted by molar-refractivity contribution is 0.242. The van der Waals surface area contributed by atoms with E-state index < -0.39 is 0 Å². The van der Waals surface area contributed by atoms with Crippen molar-refractivity contribution in [2.75, 3.05) is 18.5 Å².